The zero-order valence-corrected chi connectivity index (χ0v) is 17.3. The Morgan fingerprint density at radius 3 is 2.46 bits per heavy atom. The quantitative estimate of drug-likeness (QED) is 0.753. The number of morpholine rings is 1. The van der Waals surface area contributed by atoms with E-state index in [2.05, 4.69) is 34.5 Å². The third-order valence-electron chi connectivity index (χ3n) is 5.96. The predicted molar refractivity (Wildman–Crippen MR) is 113 cm³/mol. The van der Waals surface area contributed by atoms with Crippen LogP contribution < -0.4 is 5.32 Å². The molecule has 0 unspecified atom stereocenters. The molecule has 1 aromatic rings. The Hall–Kier alpha value is -1.70. The smallest absolute Gasteiger partial charge is 0.241 e. The number of nitrogens with one attached hydrogen (secondary N) is 1. The van der Waals surface area contributed by atoms with E-state index in [0.29, 0.717) is 17.5 Å². The van der Waals surface area contributed by atoms with Crippen LogP contribution in [0.4, 0.5) is 0 Å². The highest BCUT2D eigenvalue weighted by Gasteiger charge is 2.31. The molecule has 7 heteroatoms. The lowest BCUT2D eigenvalue weighted by Crippen LogP contribution is -2.51. The van der Waals surface area contributed by atoms with E-state index in [1.54, 1.807) is 0 Å². The lowest BCUT2D eigenvalue weighted by molar-refractivity contribution is -0.139. The number of carbonyl (C=O) groups is 1. The summed E-state index contributed by atoms with van der Waals surface area (Å²) in [5.74, 6) is 0.614. The Labute approximate surface area is 172 Å². The van der Waals surface area contributed by atoms with E-state index in [1.165, 1.54) is 11.1 Å². The number of nitrogens with zero attached hydrogens (tertiary/aromatic N) is 3. The molecular formula is C21H30N4O2S. The first-order valence-electron chi connectivity index (χ1n) is 10.4. The van der Waals surface area contributed by atoms with Gasteiger partial charge < -0.3 is 10.1 Å². The average Bonchev–Trinajstić information content (AvgIpc) is 3.35. The minimum absolute atomic E-state index is 0.202. The van der Waals surface area contributed by atoms with Gasteiger partial charge in [0, 0.05) is 45.7 Å². The number of hydrogen-bond donors (Lipinski definition) is 1. The van der Waals surface area contributed by atoms with E-state index in [4.69, 9.17) is 17.0 Å². The Kier molecular flexibility index (Phi) is 6.44. The number of fused-ring (bicyclic) bond motifs is 1. The number of thiocarbonyl (C=S) groups is 1. The molecule has 2 saturated heterocycles. The van der Waals surface area contributed by atoms with Gasteiger partial charge in [0.2, 0.25) is 5.91 Å². The van der Waals surface area contributed by atoms with Crippen molar-refractivity contribution in [2.45, 2.75) is 25.7 Å². The molecule has 4 rings (SSSR count). The van der Waals surface area contributed by atoms with Crippen LogP contribution in [0.25, 0.3) is 0 Å². The second-order valence-electron chi connectivity index (χ2n) is 7.93. The average molecular weight is 403 g/mol. The number of rotatable bonds is 5. The molecule has 1 N–H and O–H groups in total. The highest BCUT2D eigenvalue weighted by molar-refractivity contribution is 7.80. The maximum Gasteiger partial charge on any atom is 0.241 e. The molecule has 0 atom stereocenters. The van der Waals surface area contributed by atoms with Crippen LogP contribution >= 0.6 is 12.2 Å². The second-order valence-corrected chi connectivity index (χ2v) is 8.31. The number of amides is 1. The van der Waals surface area contributed by atoms with Gasteiger partial charge in [0.25, 0.3) is 0 Å². The van der Waals surface area contributed by atoms with Gasteiger partial charge in [-0.25, -0.2) is 0 Å². The van der Waals surface area contributed by atoms with E-state index >= 15 is 0 Å². The molecule has 0 saturated carbocycles. The van der Waals surface area contributed by atoms with Crippen molar-refractivity contribution in [3.63, 3.8) is 0 Å². The molecule has 0 aromatic heterocycles. The van der Waals surface area contributed by atoms with Crippen LogP contribution in [0.15, 0.2) is 24.3 Å². The highest BCUT2D eigenvalue weighted by Crippen LogP contribution is 2.29. The van der Waals surface area contributed by atoms with Crippen LogP contribution in [-0.2, 0) is 22.4 Å². The zero-order valence-electron chi connectivity index (χ0n) is 16.4. The van der Waals surface area contributed by atoms with Gasteiger partial charge in [-0.15, -0.1) is 0 Å². The molecule has 0 spiro atoms. The summed E-state index contributed by atoms with van der Waals surface area (Å²) in [5.41, 5.74) is 2.80. The molecule has 1 aromatic carbocycles. The first-order chi connectivity index (χ1) is 13.7. The van der Waals surface area contributed by atoms with Crippen molar-refractivity contribution >= 4 is 23.2 Å². The number of ether oxygens (including phenoxy) is 1. The molecule has 0 bridgehead atoms. The SMILES string of the molecule is O=C(CC1Cc2ccccc2C1)N1CCCN1C(=S)NCCN1CCOCC1. The largest absolute Gasteiger partial charge is 0.379 e. The summed E-state index contributed by atoms with van der Waals surface area (Å²) in [6.45, 7) is 6.91. The van der Waals surface area contributed by atoms with Crippen LogP contribution in [0.1, 0.15) is 24.0 Å². The molecule has 1 aliphatic carbocycles. The first-order valence-corrected chi connectivity index (χ1v) is 10.8. The number of benzene rings is 1. The third kappa shape index (κ3) is 4.64. The minimum atomic E-state index is 0.202. The zero-order chi connectivity index (χ0) is 19.3. The lowest BCUT2D eigenvalue weighted by atomic mass is 10.0. The third-order valence-corrected chi connectivity index (χ3v) is 6.32. The van der Waals surface area contributed by atoms with Crippen molar-refractivity contribution in [1.29, 1.82) is 0 Å². The minimum Gasteiger partial charge on any atom is -0.379 e. The van der Waals surface area contributed by atoms with Crippen molar-refractivity contribution < 1.29 is 9.53 Å². The fraction of sp³-hybridized carbons (Fsp3) is 0.619. The Morgan fingerprint density at radius 1 is 1.07 bits per heavy atom. The van der Waals surface area contributed by atoms with E-state index in [-0.39, 0.29) is 5.91 Å². The van der Waals surface area contributed by atoms with Gasteiger partial charge in [-0.1, -0.05) is 24.3 Å². The van der Waals surface area contributed by atoms with Gasteiger partial charge in [0.15, 0.2) is 5.11 Å². The standard InChI is InChI=1S/C21H30N4O2S/c26-20(16-17-14-18-4-1-2-5-19(18)15-17)24-7-3-8-25(24)21(28)22-6-9-23-10-12-27-13-11-23/h1-2,4-5,17H,3,6-16H2,(H,22,28). The highest BCUT2D eigenvalue weighted by atomic mass is 32.1. The molecule has 6 nitrogen and oxygen atoms in total. The maximum atomic E-state index is 13.0. The summed E-state index contributed by atoms with van der Waals surface area (Å²) >= 11 is 5.59. The fourth-order valence-corrected chi connectivity index (χ4v) is 4.76. The summed E-state index contributed by atoms with van der Waals surface area (Å²) in [6.07, 6.45) is 3.60. The Bertz CT molecular complexity index is 682. The normalized spacial score (nSPS) is 20.4. The first kappa shape index (κ1) is 19.6. The van der Waals surface area contributed by atoms with Crippen molar-refractivity contribution in [3.8, 4) is 0 Å². The van der Waals surface area contributed by atoms with Gasteiger partial charge in [-0.05, 0) is 48.5 Å². The van der Waals surface area contributed by atoms with Gasteiger partial charge in [0.05, 0.1) is 13.2 Å². The summed E-state index contributed by atoms with van der Waals surface area (Å²) in [6, 6.07) is 8.56. The number of hydrazine groups is 1. The van der Waals surface area contributed by atoms with Crippen molar-refractivity contribution in [1.82, 2.24) is 20.2 Å². The second kappa shape index (κ2) is 9.20. The number of carbonyl (C=O) groups excluding carboxylic acids is 1. The van der Waals surface area contributed by atoms with E-state index in [0.717, 1.165) is 71.7 Å². The maximum absolute atomic E-state index is 13.0. The number of hydrogen-bond acceptors (Lipinski definition) is 4. The molecular weight excluding hydrogens is 372 g/mol. The summed E-state index contributed by atoms with van der Waals surface area (Å²) in [7, 11) is 0. The van der Waals surface area contributed by atoms with Crippen molar-refractivity contribution in [3.05, 3.63) is 35.4 Å². The molecule has 1 amide bonds. The summed E-state index contributed by atoms with van der Waals surface area (Å²) in [4.78, 5) is 15.3. The lowest BCUT2D eigenvalue weighted by Gasteiger charge is -2.32. The molecule has 2 heterocycles. The molecule has 3 aliphatic rings. The van der Waals surface area contributed by atoms with Gasteiger partial charge in [-0.2, -0.15) is 0 Å². The van der Waals surface area contributed by atoms with Gasteiger partial charge in [0.1, 0.15) is 0 Å². The van der Waals surface area contributed by atoms with E-state index in [1.807, 2.05) is 10.0 Å². The van der Waals surface area contributed by atoms with Gasteiger partial charge in [-0.3, -0.25) is 19.7 Å². The summed E-state index contributed by atoms with van der Waals surface area (Å²) in [5, 5.41) is 7.86. The predicted octanol–water partition coefficient (Wildman–Crippen LogP) is 1.45. The van der Waals surface area contributed by atoms with Crippen LogP contribution in [0.3, 0.4) is 0 Å². The molecule has 152 valence electrons. The molecule has 2 fully saturated rings. The summed E-state index contributed by atoms with van der Waals surface area (Å²) < 4.78 is 5.38. The Balaban J connectivity index is 1.24. The van der Waals surface area contributed by atoms with E-state index < -0.39 is 0 Å². The van der Waals surface area contributed by atoms with Crippen LogP contribution in [0, 0.1) is 5.92 Å². The molecule has 28 heavy (non-hydrogen) atoms. The van der Waals surface area contributed by atoms with Crippen molar-refractivity contribution in [2.24, 2.45) is 5.92 Å². The fourth-order valence-electron chi connectivity index (χ4n) is 4.47. The van der Waals surface area contributed by atoms with E-state index in [9.17, 15) is 4.79 Å². The molecule has 2 aliphatic heterocycles. The topological polar surface area (TPSA) is 48.1 Å². The van der Waals surface area contributed by atoms with Gasteiger partial charge >= 0.3 is 0 Å². The molecule has 0 radical (unpaired) electrons. The van der Waals surface area contributed by atoms with Crippen LogP contribution in [0.2, 0.25) is 0 Å². The Morgan fingerprint density at radius 2 is 1.75 bits per heavy atom. The van der Waals surface area contributed by atoms with Crippen LogP contribution in [-0.4, -0.2) is 78.4 Å². The van der Waals surface area contributed by atoms with Crippen molar-refractivity contribution in [2.75, 3.05) is 52.5 Å². The van der Waals surface area contributed by atoms with Crippen LogP contribution in [0.5, 0.6) is 0 Å². The monoisotopic (exact) mass is 402 g/mol.